The van der Waals surface area contributed by atoms with Crippen LogP contribution >= 0.6 is 0 Å². The van der Waals surface area contributed by atoms with Crippen molar-refractivity contribution in [2.24, 2.45) is 0 Å². The Labute approximate surface area is 137 Å². The molecule has 2 aromatic carbocycles. The first-order valence-corrected chi connectivity index (χ1v) is 7.86. The second-order valence-electron chi connectivity index (χ2n) is 6.67. The van der Waals surface area contributed by atoms with Gasteiger partial charge in [0.2, 0.25) is 0 Å². The lowest BCUT2D eigenvalue weighted by molar-refractivity contribution is 0.0565. The minimum absolute atomic E-state index is 0.0963. The van der Waals surface area contributed by atoms with Crippen LogP contribution in [0.25, 0.3) is 0 Å². The number of amides is 1. The van der Waals surface area contributed by atoms with Crippen molar-refractivity contribution in [3.05, 3.63) is 60.2 Å². The number of carbonyl (C=O) groups excluding carboxylic acids is 1. The molecule has 1 aliphatic heterocycles. The van der Waals surface area contributed by atoms with Gasteiger partial charge in [-0.3, -0.25) is 4.90 Å². The normalized spacial score (nSPS) is 17.2. The van der Waals surface area contributed by atoms with Crippen LogP contribution < -0.4 is 10.2 Å². The second-order valence-corrected chi connectivity index (χ2v) is 6.67. The van der Waals surface area contributed by atoms with Gasteiger partial charge in [0.25, 0.3) is 0 Å². The fourth-order valence-electron chi connectivity index (χ4n) is 2.78. The van der Waals surface area contributed by atoms with Gasteiger partial charge in [-0.25, -0.2) is 4.79 Å². The number of rotatable bonds is 1. The molecule has 0 aromatic heterocycles. The lowest BCUT2D eigenvalue weighted by atomic mass is 10.0. The third-order valence-electron chi connectivity index (χ3n) is 3.74. The summed E-state index contributed by atoms with van der Waals surface area (Å²) in [4.78, 5) is 14.6. The molecular weight excluding hydrogens is 288 g/mol. The first-order valence-electron chi connectivity index (χ1n) is 7.86. The third-order valence-corrected chi connectivity index (χ3v) is 3.74. The van der Waals surface area contributed by atoms with Gasteiger partial charge in [-0.2, -0.15) is 0 Å². The number of para-hydroxylation sites is 2. The summed E-state index contributed by atoms with van der Waals surface area (Å²) in [7, 11) is 0. The van der Waals surface area contributed by atoms with Crippen LogP contribution in [0.4, 0.5) is 16.2 Å². The van der Waals surface area contributed by atoms with E-state index in [1.54, 1.807) is 4.90 Å². The van der Waals surface area contributed by atoms with Gasteiger partial charge in [0.1, 0.15) is 5.60 Å². The Morgan fingerprint density at radius 3 is 2.43 bits per heavy atom. The van der Waals surface area contributed by atoms with E-state index in [2.05, 4.69) is 5.32 Å². The molecule has 1 unspecified atom stereocenters. The summed E-state index contributed by atoms with van der Waals surface area (Å²) in [6.45, 7) is 6.31. The third kappa shape index (κ3) is 3.31. The molecular formula is C19H22N2O2. The van der Waals surface area contributed by atoms with E-state index in [-0.39, 0.29) is 12.1 Å². The SMILES string of the molecule is CC(C)(C)OC(=O)N1c2ccccc2NCC1c1ccccc1. The molecule has 0 aliphatic carbocycles. The molecule has 4 heteroatoms. The molecule has 0 radical (unpaired) electrons. The topological polar surface area (TPSA) is 41.6 Å². The van der Waals surface area contributed by atoms with Crippen molar-refractivity contribution in [1.82, 2.24) is 0 Å². The van der Waals surface area contributed by atoms with E-state index in [0.717, 1.165) is 16.9 Å². The van der Waals surface area contributed by atoms with Gasteiger partial charge in [0.05, 0.1) is 17.4 Å². The molecule has 4 nitrogen and oxygen atoms in total. The van der Waals surface area contributed by atoms with Crippen molar-refractivity contribution in [2.75, 3.05) is 16.8 Å². The van der Waals surface area contributed by atoms with Crippen molar-refractivity contribution in [3.63, 3.8) is 0 Å². The van der Waals surface area contributed by atoms with E-state index >= 15 is 0 Å². The molecule has 1 heterocycles. The highest BCUT2D eigenvalue weighted by Gasteiger charge is 2.34. The minimum atomic E-state index is -0.530. The number of carbonyl (C=O) groups is 1. The maximum absolute atomic E-state index is 12.8. The maximum Gasteiger partial charge on any atom is 0.415 e. The largest absolute Gasteiger partial charge is 0.443 e. The summed E-state index contributed by atoms with van der Waals surface area (Å²) in [6, 6.07) is 17.8. The van der Waals surface area contributed by atoms with Gasteiger partial charge in [-0.1, -0.05) is 42.5 Å². The van der Waals surface area contributed by atoms with Crippen LogP contribution in [0.15, 0.2) is 54.6 Å². The number of hydrogen-bond acceptors (Lipinski definition) is 3. The van der Waals surface area contributed by atoms with Crippen molar-refractivity contribution >= 4 is 17.5 Å². The molecule has 3 rings (SSSR count). The number of ether oxygens (including phenoxy) is 1. The van der Waals surface area contributed by atoms with Gasteiger partial charge >= 0.3 is 6.09 Å². The monoisotopic (exact) mass is 310 g/mol. The maximum atomic E-state index is 12.8. The Hall–Kier alpha value is -2.49. The van der Waals surface area contributed by atoms with Crippen molar-refractivity contribution in [3.8, 4) is 0 Å². The summed E-state index contributed by atoms with van der Waals surface area (Å²) < 4.78 is 5.64. The van der Waals surface area contributed by atoms with Crippen molar-refractivity contribution < 1.29 is 9.53 Å². The van der Waals surface area contributed by atoms with Gasteiger partial charge in [-0.05, 0) is 38.5 Å². The average Bonchev–Trinajstić information content (AvgIpc) is 2.53. The van der Waals surface area contributed by atoms with Crippen molar-refractivity contribution in [1.29, 1.82) is 0 Å². The van der Waals surface area contributed by atoms with Gasteiger partial charge in [-0.15, -0.1) is 0 Å². The predicted molar refractivity (Wildman–Crippen MR) is 92.8 cm³/mol. The molecule has 1 N–H and O–H groups in total. The Balaban J connectivity index is 2.02. The van der Waals surface area contributed by atoms with Crippen LogP contribution in [-0.2, 0) is 4.74 Å². The fourth-order valence-corrected chi connectivity index (χ4v) is 2.78. The summed E-state index contributed by atoms with van der Waals surface area (Å²) in [6.07, 6.45) is -0.319. The first-order chi connectivity index (χ1) is 11.0. The first kappa shape index (κ1) is 15.4. The summed E-state index contributed by atoms with van der Waals surface area (Å²) in [5, 5.41) is 3.41. The quantitative estimate of drug-likeness (QED) is 0.837. The Morgan fingerprint density at radius 1 is 1.09 bits per heavy atom. The zero-order valence-electron chi connectivity index (χ0n) is 13.7. The number of nitrogens with zero attached hydrogens (tertiary/aromatic N) is 1. The average molecular weight is 310 g/mol. The zero-order valence-corrected chi connectivity index (χ0v) is 13.7. The van der Waals surface area contributed by atoms with Gasteiger partial charge in [0.15, 0.2) is 0 Å². The molecule has 2 aromatic rings. The Bertz CT molecular complexity index is 692. The number of hydrogen-bond donors (Lipinski definition) is 1. The molecule has 23 heavy (non-hydrogen) atoms. The van der Waals surface area contributed by atoms with Crippen LogP contribution in [0.2, 0.25) is 0 Å². The number of nitrogens with one attached hydrogen (secondary N) is 1. The highest BCUT2D eigenvalue weighted by molar-refractivity contribution is 5.94. The molecule has 0 saturated heterocycles. The predicted octanol–water partition coefficient (Wildman–Crippen LogP) is 4.59. The highest BCUT2D eigenvalue weighted by Crippen LogP contribution is 2.38. The molecule has 0 bridgehead atoms. The lowest BCUT2D eigenvalue weighted by Gasteiger charge is -2.38. The van der Waals surface area contributed by atoms with Gasteiger partial charge in [0, 0.05) is 6.54 Å². The van der Waals surface area contributed by atoms with Crippen LogP contribution in [0, 0.1) is 0 Å². The van der Waals surface area contributed by atoms with E-state index < -0.39 is 5.60 Å². The molecule has 0 spiro atoms. The van der Waals surface area contributed by atoms with E-state index in [1.807, 2.05) is 75.4 Å². The Morgan fingerprint density at radius 2 is 1.74 bits per heavy atom. The minimum Gasteiger partial charge on any atom is -0.443 e. The van der Waals surface area contributed by atoms with E-state index in [1.165, 1.54) is 0 Å². The van der Waals surface area contributed by atoms with E-state index in [4.69, 9.17) is 4.74 Å². The van der Waals surface area contributed by atoms with Gasteiger partial charge < -0.3 is 10.1 Å². The second kappa shape index (κ2) is 5.95. The molecule has 1 atom stereocenters. The van der Waals surface area contributed by atoms with Crippen LogP contribution in [0.3, 0.4) is 0 Å². The van der Waals surface area contributed by atoms with E-state index in [0.29, 0.717) is 6.54 Å². The highest BCUT2D eigenvalue weighted by atomic mass is 16.6. The Kier molecular flexibility index (Phi) is 3.99. The number of fused-ring (bicyclic) bond motifs is 1. The summed E-state index contributed by atoms with van der Waals surface area (Å²) in [5.41, 5.74) is 2.35. The summed E-state index contributed by atoms with van der Waals surface area (Å²) in [5.74, 6) is 0. The molecule has 1 amide bonds. The smallest absolute Gasteiger partial charge is 0.415 e. The van der Waals surface area contributed by atoms with Crippen LogP contribution in [-0.4, -0.2) is 18.2 Å². The number of benzene rings is 2. The molecule has 120 valence electrons. The summed E-state index contributed by atoms with van der Waals surface area (Å²) >= 11 is 0. The molecule has 0 saturated carbocycles. The lowest BCUT2D eigenvalue weighted by Crippen LogP contribution is -2.44. The molecule has 1 aliphatic rings. The number of anilines is 2. The van der Waals surface area contributed by atoms with Crippen molar-refractivity contribution in [2.45, 2.75) is 32.4 Å². The van der Waals surface area contributed by atoms with Crippen LogP contribution in [0.5, 0.6) is 0 Å². The van der Waals surface area contributed by atoms with Crippen LogP contribution in [0.1, 0.15) is 32.4 Å². The standard InChI is InChI=1S/C19H22N2O2/c1-19(2,3)23-18(22)21-16-12-8-7-11-15(16)20-13-17(21)14-9-5-4-6-10-14/h4-12,17,20H,13H2,1-3H3. The molecule has 0 fully saturated rings. The fraction of sp³-hybridized carbons (Fsp3) is 0.316. The zero-order chi connectivity index (χ0) is 16.4. The van der Waals surface area contributed by atoms with E-state index in [9.17, 15) is 4.79 Å².